The van der Waals surface area contributed by atoms with Crippen molar-refractivity contribution in [2.45, 2.75) is 30.5 Å². The Hall–Kier alpha value is -1.51. The Balaban J connectivity index is 0.00000261. The summed E-state index contributed by atoms with van der Waals surface area (Å²) in [6.45, 7) is 1.24. The van der Waals surface area contributed by atoms with E-state index < -0.39 is 24.2 Å². The van der Waals surface area contributed by atoms with E-state index in [0.29, 0.717) is 44.8 Å². The molecule has 1 aromatic rings. The normalized spacial score (nSPS) is 20.3. The van der Waals surface area contributed by atoms with Crippen LogP contribution in [0, 0.1) is 0 Å². The van der Waals surface area contributed by atoms with Crippen LogP contribution in [0.1, 0.15) is 18.4 Å². The summed E-state index contributed by atoms with van der Waals surface area (Å²) >= 11 is 0. The van der Waals surface area contributed by atoms with Gasteiger partial charge >= 0.3 is 6.18 Å². The molecule has 1 heterocycles. The van der Waals surface area contributed by atoms with Crippen molar-refractivity contribution in [1.82, 2.24) is 15.5 Å². The SMILES string of the molecule is COc1ccccc1C1(C(=O)NCC(N2CCNCC2)C(F)(F)F)CC1.Cl. The number of para-hydroxylation sites is 1. The van der Waals surface area contributed by atoms with E-state index in [4.69, 9.17) is 4.74 Å². The minimum Gasteiger partial charge on any atom is -0.496 e. The third-order valence-corrected chi connectivity index (χ3v) is 5.23. The summed E-state index contributed by atoms with van der Waals surface area (Å²) in [5.74, 6) is 0.237. The van der Waals surface area contributed by atoms with Crippen LogP contribution in [-0.2, 0) is 10.2 Å². The largest absolute Gasteiger partial charge is 0.496 e. The van der Waals surface area contributed by atoms with E-state index in [0.717, 1.165) is 5.56 Å². The molecule has 1 atom stereocenters. The summed E-state index contributed by atoms with van der Waals surface area (Å²) in [4.78, 5) is 14.1. The quantitative estimate of drug-likeness (QED) is 0.758. The Morgan fingerprint density at radius 3 is 2.48 bits per heavy atom. The molecule has 0 aromatic heterocycles. The molecule has 9 heteroatoms. The van der Waals surface area contributed by atoms with E-state index in [9.17, 15) is 18.0 Å². The Morgan fingerprint density at radius 1 is 1.30 bits per heavy atom. The van der Waals surface area contributed by atoms with Crippen molar-refractivity contribution < 1.29 is 22.7 Å². The van der Waals surface area contributed by atoms with Crippen LogP contribution in [0.25, 0.3) is 0 Å². The zero-order valence-electron chi connectivity index (χ0n) is 15.1. The van der Waals surface area contributed by atoms with Gasteiger partial charge in [0.1, 0.15) is 11.8 Å². The van der Waals surface area contributed by atoms with Crippen LogP contribution in [0.5, 0.6) is 5.75 Å². The molecule has 0 radical (unpaired) electrons. The molecule has 5 nitrogen and oxygen atoms in total. The molecular formula is C18H25ClF3N3O2. The minimum atomic E-state index is -4.38. The summed E-state index contributed by atoms with van der Waals surface area (Å²) in [5.41, 5.74) is -0.0302. The van der Waals surface area contributed by atoms with E-state index in [1.807, 2.05) is 12.1 Å². The Kier molecular flexibility index (Phi) is 6.99. The number of alkyl halides is 3. The van der Waals surface area contributed by atoms with Gasteiger partial charge < -0.3 is 15.4 Å². The van der Waals surface area contributed by atoms with Gasteiger partial charge in [0.05, 0.1) is 12.5 Å². The van der Waals surface area contributed by atoms with E-state index in [2.05, 4.69) is 10.6 Å². The fourth-order valence-corrected chi connectivity index (χ4v) is 3.59. The summed E-state index contributed by atoms with van der Waals surface area (Å²) in [6, 6.07) is 5.53. The first kappa shape index (κ1) is 21.8. The summed E-state index contributed by atoms with van der Waals surface area (Å²) in [5, 5.41) is 5.61. The van der Waals surface area contributed by atoms with Crippen molar-refractivity contribution in [2.75, 3.05) is 39.8 Å². The highest BCUT2D eigenvalue weighted by Crippen LogP contribution is 2.51. The van der Waals surface area contributed by atoms with Gasteiger partial charge in [0.15, 0.2) is 0 Å². The molecule has 1 aromatic carbocycles. The second-order valence-electron chi connectivity index (χ2n) is 6.84. The second-order valence-corrected chi connectivity index (χ2v) is 6.84. The van der Waals surface area contributed by atoms with Gasteiger partial charge in [-0.15, -0.1) is 12.4 Å². The van der Waals surface area contributed by atoms with Crippen LogP contribution >= 0.6 is 12.4 Å². The molecule has 1 unspecified atom stereocenters. The fourth-order valence-electron chi connectivity index (χ4n) is 3.59. The molecule has 1 aliphatic heterocycles. The predicted molar refractivity (Wildman–Crippen MR) is 98.4 cm³/mol. The zero-order chi connectivity index (χ0) is 18.8. The number of carbonyl (C=O) groups is 1. The number of nitrogens with zero attached hydrogens (tertiary/aromatic N) is 1. The molecule has 0 spiro atoms. The van der Waals surface area contributed by atoms with E-state index in [1.54, 1.807) is 12.1 Å². The topological polar surface area (TPSA) is 53.6 Å². The number of rotatable bonds is 6. The standard InChI is InChI=1S/C18H24F3N3O2.ClH/c1-26-14-5-3-2-4-13(14)17(6-7-17)16(25)23-12-15(18(19,20)21)24-10-8-22-9-11-24;/h2-5,15,22H,6-12H2,1H3,(H,23,25);1H. The smallest absolute Gasteiger partial charge is 0.405 e. The minimum absolute atomic E-state index is 0. The van der Waals surface area contributed by atoms with Crippen molar-refractivity contribution in [3.05, 3.63) is 29.8 Å². The first-order valence-electron chi connectivity index (χ1n) is 8.82. The lowest BCUT2D eigenvalue weighted by atomic mass is 9.94. The lowest BCUT2D eigenvalue weighted by molar-refractivity contribution is -0.184. The maximum Gasteiger partial charge on any atom is 0.405 e. The van der Waals surface area contributed by atoms with Gasteiger partial charge in [-0.25, -0.2) is 0 Å². The number of hydrogen-bond donors (Lipinski definition) is 2. The van der Waals surface area contributed by atoms with Crippen LogP contribution in [0.4, 0.5) is 13.2 Å². The van der Waals surface area contributed by atoms with E-state index in [-0.39, 0.29) is 18.3 Å². The highest BCUT2D eigenvalue weighted by molar-refractivity contribution is 5.92. The van der Waals surface area contributed by atoms with Crippen molar-refractivity contribution >= 4 is 18.3 Å². The molecule has 27 heavy (non-hydrogen) atoms. The average molecular weight is 408 g/mol. The molecule has 1 amide bonds. The van der Waals surface area contributed by atoms with Crippen LogP contribution in [-0.4, -0.2) is 62.9 Å². The number of piperazine rings is 1. The third kappa shape index (κ3) is 4.67. The lowest BCUT2D eigenvalue weighted by Gasteiger charge is -2.36. The number of amides is 1. The van der Waals surface area contributed by atoms with Crippen LogP contribution in [0.15, 0.2) is 24.3 Å². The number of ether oxygens (including phenoxy) is 1. The molecule has 1 saturated heterocycles. The molecule has 2 N–H and O–H groups in total. The number of halogens is 4. The van der Waals surface area contributed by atoms with Gasteiger partial charge in [0.25, 0.3) is 0 Å². The maximum absolute atomic E-state index is 13.5. The van der Waals surface area contributed by atoms with Gasteiger partial charge in [0.2, 0.25) is 5.91 Å². The summed E-state index contributed by atoms with van der Waals surface area (Å²) < 4.78 is 45.7. The molecule has 1 aliphatic carbocycles. The zero-order valence-corrected chi connectivity index (χ0v) is 16.0. The van der Waals surface area contributed by atoms with Crippen molar-refractivity contribution in [1.29, 1.82) is 0 Å². The van der Waals surface area contributed by atoms with Crippen LogP contribution in [0.3, 0.4) is 0 Å². The van der Waals surface area contributed by atoms with Gasteiger partial charge in [-0.05, 0) is 18.9 Å². The van der Waals surface area contributed by atoms with Crippen molar-refractivity contribution in [3.8, 4) is 5.75 Å². The molecule has 0 bridgehead atoms. The number of methoxy groups -OCH3 is 1. The van der Waals surface area contributed by atoms with Crippen LogP contribution in [0.2, 0.25) is 0 Å². The lowest BCUT2D eigenvalue weighted by Crippen LogP contribution is -2.58. The van der Waals surface area contributed by atoms with Gasteiger partial charge in [-0.2, -0.15) is 13.2 Å². The fraction of sp³-hybridized carbons (Fsp3) is 0.611. The number of nitrogens with one attached hydrogen (secondary N) is 2. The summed E-state index contributed by atoms with van der Waals surface area (Å²) in [6.07, 6.45) is -3.15. The van der Waals surface area contributed by atoms with Crippen molar-refractivity contribution in [2.24, 2.45) is 0 Å². The Morgan fingerprint density at radius 2 is 1.93 bits per heavy atom. The highest BCUT2D eigenvalue weighted by atomic mass is 35.5. The second kappa shape index (κ2) is 8.67. The molecule has 2 fully saturated rings. The van der Waals surface area contributed by atoms with Crippen LogP contribution < -0.4 is 15.4 Å². The van der Waals surface area contributed by atoms with Gasteiger partial charge in [-0.3, -0.25) is 9.69 Å². The van der Waals surface area contributed by atoms with E-state index >= 15 is 0 Å². The third-order valence-electron chi connectivity index (χ3n) is 5.23. The van der Waals surface area contributed by atoms with E-state index in [1.165, 1.54) is 12.0 Å². The average Bonchev–Trinajstić information content (AvgIpc) is 3.43. The Labute approximate surface area is 163 Å². The summed E-state index contributed by atoms with van der Waals surface area (Å²) in [7, 11) is 1.52. The van der Waals surface area contributed by atoms with Gasteiger partial charge in [0, 0.05) is 38.3 Å². The van der Waals surface area contributed by atoms with Crippen molar-refractivity contribution in [3.63, 3.8) is 0 Å². The molecule has 1 saturated carbocycles. The molecule has 152 valence electrons. The molecule has 2 aliphatic rings. The first-order valence-corrected chi connectivity index (χ1v) is 8.82. The number of carbonyl (C=O) groups excluding carboxylic acids is 1. The Bertz CT molecular complexity index is 647. The van der Waals surface area contributed by atoms with Gasteiger partial charge in [-0.1, -0.05) is 18.2 Å². The molecule has 3 rings (SSSR count). The predicted octanol–water partition coefficient (Wildman–Crippen LogP) is 2.10. The number of hydrogen-bond acceptors (Lipinski definition) is 4. The number of benzene rings is 1. The monoisotopic (exact) mass is 407 g/mol. The molecular weight excluding hydrogens is 383 g/mol. The first-order chi connectivity index (χ1) is 12.4. The maximum atomic E-state index is 13.5. The highest BCUT2D eigenvalue weighted by Gasteiger charge is 2.53.